The predicted molar refractivity (Wildman–Crippen MR) is 175 cm³/mol. The number of methoxy groups -OCH3 is 1. The molecule has 1 aliphatic rings. The number of anilines is 1. The van der Waals surface area contributed by atoms with E-state index in [1.54, 1.807) is 36.3 Å². The summed E-state index contributed by atoms with van der Waals surface area (Å²) in [6, 6.07) is 23.1. The van der Waals surface area contributed by atoms with E-state index < -0.39 is 16.1 Å². The first-order valence-electron chi connectivity index (χ1n) is 15.1. The molecular weight excluding hydrogens is 598 g/mol. The number of carbonyl (C=O) groups is 2. The summed E-state index contributed by atoms with van der Waals surface area (Å²) in [6.45, 7) is 0.297. The second-order valence-electron chi connectivity index (χ2n) is 11.3. The highest BCUT2D eigenvalue weighted by molar-refractivity contribution is 7.92. The van der Waals surface area contributed by atoms with Crippen LogP contribution in [0.25, 0.3) is 0 Å². The molecule has 1 saturated carbocycles. The number of halogens is 1. The van der Waals surface area contributed by atoms with E-state index in [0.717, 1.165) is 43.1 Å². The molecule has 1 atom stereocenters. The Balaban J connectivity index is 1.60. The monoisotopic (exact) mass is 639 g/mol. The lowest BCUT2D eigenvalue weighted by atomic mass is 9.94. The fourth-order valence-electron chi connectivity index (χ4n) is 5.70. The van der Waals surface area contributed by atoms with Crippen LogP contribution < -0.4 is 14.4 Å². The van der Waals surface area contributed by atoms with Crippen molar-refractivity contribution in [2.24, 2.45) is 0 Å². The van der Waals surface area contributed by atoms with E-state index in [-0.39, 0.29) is 43.8 Å². The minimum absolute atomic E-state index is 0.0541. The van der Waals surface area contributed by atoms with Crippen LogP contribution >= 0.6 is 11.6 Å². The van der Waals surface area contributed by atoms with Gasteiger partial charge in [-0.25, -0.2) is 8.42 Å². The maximum Gasteiger partial charge on any atom is 0.243 e. The molecule has 0 bridgehead atoms. The fourth-order valence-corrected chi connectivity index (χ4v) is 6.84. The lowest BCUT2D eigenvalue weighted by molar-refractivity contribution is -0.141. The molecule has 0 aliphatic heterocycles. The first kappa shape index (κ1) is 33.3. The van der Waals surface area contributed by atoms with Crippen molar-refractivity contribution >= 4 is 39.1 Å². The Bertz CT molecular complexity index is 1500. The first-order valence-corrected chi connectivity index (χ1v) is 17.4. The molecule has 0 saturated heterocycles. The van der Waals surface area contributed by atoms with Crippen LogP contribution in [0.5, 0.6) is 5.75 Å². The van der Waals surface area contributed by atoms with E-state index in [4.69, 9.17) is 16.3 Å². The van der Waals surface area contributed by atoms with Crippen LogP contribution in [0.1, 0.15) is 56.1 Å². The van der Waals surface area contributed by atoms with Gasteiger partial charge in [-0.2, -0.15) is 0 Å². The predicted octanol–water partition coefficient (Wildman–Crippen LogP) is 5.98. The maximum absolute atomic E-state index is 14.1. The van der Waals surface area contributed by atoms with Crippen molar-refractivity contribution in [2.45, 2.75) is 70.0 Å². The Hall–Kier alpha value is -3.56. The van der Waals surface area contributed by atoms with Crippen LogP contribution in [0.15, 0.2) is 78.9 Å². The van der Waals surface area contributed by atoms with Gasteiger partial charge in [0, 0.05) is 37.0 Å². The van der Waals surface area contributed by atoms with Crippen LogP contribution in [0.3, 0.4) is 0 Å². The van der Waals surface area contributed by atoms with Gasteiger partial charge in [0.05, 0.1) is 19.1 Å². The third-order valence-corrected chi connectivity index (χ3v) is 9.39. The van der Waals surface area contributed by atoms with Crippen molar-refractivity contribution < 1.29 is 22.7 Å². The van der Waals surface area contributed by atoms with Gasteiger partial charge in [-0.05, 0) is 60.7 Å². The molecule has 1 N–H and O–H groups in total. The lowest BCUT2D eigenvalue weighted by Gasteiger charge is -2.34. The summed E-state index contributed by atoms with van der Waals surface area (Å²) in [4.78, 5) is 29.7. The molecule has 0 unspecified atom stereocenters. The van der Waals surface area contributed by atoms with E-state index in [9.17, 15) is 18.0 Å². The van der Waals surface area contributed by atoms with Gasteiger partial charge < -0.3 is 15.0 Å². The number of amides is 2. The number of rotatable bonds is 14. The zero-order valence-electron chi connectivity index (χ0n) is 25.5. The molecule has 0 radical (unpaired) electrons. The minimum atomic E-state index is -3.62. The summed E-state index contributed by atoms with van der Waals surface area (Å²) in [5, 5.41) is 3.67. The van der Waals surface area contributed by atoms with Crippen molar-refractivity contribution in [3.63, 3.8) is 0 Å². The second kappa shape index (κ2) is 16.0. The Kier molecular flexibility index (Phi) is 12.1. The number of hydrogen-bond acceptors (Lipinski definition) is 5. The van der Waals surface area contributed by atoms with Crippen molar-refractivity contribution in [1.29, 1.82) is 0 Å². The van der Waals surface area contributed by atoms with Crippen molar-refractivity contribution in [2.75, 3.05) is 24.2 Å². The molecule has 10 heteroatoms. The quantitative estimate of drug-likeness (QED) is 0.234. The number of nitrogens with one attached hydrogen (secondary N) is 1. The second-order valence-corrected chi connectivity index (χ2v) is 13.7. The molecule has 3 aromatic rings. The van der Waals surface area contributed by atoms with Crippen LogP contribution in [0, 0.1) is 0 Å². The minimum Gasteiger partial charge on any atom is -0.497 e. The number of carbonyl (C=O) groups excluding carboxylic acids is 2. The average Bonchev–Trinajstić information content (AvgIpc) is 3.01. The number of hydrogen-bond donors (Lipinski definition) is 1. The molecule has 1 fully saturated rings. The van der Waals surface area contributed by atoms with Gasteiger partial charge in [0.25, 0.3) is 0 Å². The Labute approximate surface area is 266 Å². The van der Waals surface area contributed by atoms with E-state index in [2.05, 4.69) is 5.32 Å². The Morgan fingerprint density at radius 1 is 0.955 bits per heavy atom. The van der Waals surface area contributed by atoms with Crippen molar-refractivity contribution in [3.8, 4) is 5.75 Å². The van der Waals surface area contributed by atoms with Gasteiger partial charge in [0.2, 0.25) is 21.8 Å². The maximum atomic E-state index is 14.1. The molecule has 8 nitrogen and oxygen atoms in total. The highest BCUT2D eigenvalue weighted by Crippen LogP contribution is 2.24. The number of benzene rings is 3. The molecule has 3 aromatic carbocycles. The normalized spacial score (nSPS) is 14.4. The zero-order chi connectivity index (χ0) is 31.5. The molecule has 1 aliphatic carbocycles. The number of sulfonamides is 1. The van der Waals surface area contributed by atoms with Crippen molar-refractivity contribution in [1.82, 2.24) is 10.2 Å². The highest BCUT2D eigenvalue weighted by atomic mass is 35.5. The summed E-state index contributed by atoms with van der Waals surface area (Å²) in [6.07, 6.45) is 6.97. The van der Waals surface area contributed by atoms with Gasteiger partial charge >= 0.3 is 0 Å². The third-order valence-electron chi connectivity index (χ3n) is 7.96. The average molecular weight is 640 g/mol. The van der Waals surface area contributed by atoms with E-state index in [1.165, 1.54) is 10.7 Å². The molecule has 236 valence electrons. The van der Waals surface area contributed by atoms with Crippen molar-refractivity contribution in [3.05, 3.63) is 95.0 Å². The number of ether oxygens (including phenoxy) is 1. The van der Waals surface area contributed by atoms with Crippen LogP contribution in [-0.4, -0.2) is 57.1 Å². The molecule has 44 heavy (non-hydrogen) atoms. The van der Waals surface area contributed by atoms with Gasteiger partial charge in [0.1, 0.15) is 11.8 Å². The first-order chi connectivity index (χ1) is 21.1. The SMILES string of the molecule is COc1cccc(CN(C(=O)CCCN(c2cccc(Cl)c2)S(C)(=O)=O)[C@H](Cc2ccccc2)C(=O)NC2CCCCC2)c1. The molecular formula is C34H42ClN3O5S. The lowest BCUT2D eigenvalue weighted by Crippen LogP contribution is -2.52. The van der Waals surface area contributed by atoms with Gasteiger partial charge in [0.15, 0.2) is 0 Å². The standard InChI is InChI=1S/C34H42ClN3O5S/c1-43-31-19-9-14-27(22-31)25-37(33(39)20-11-21-38(44(2,41)42)30-18-10-15-28(35)24-30)32(23-26-12-5-3-6-13-26)34(40)36-29-16-7-4-8-17-29/h3,5-6,9-10,12-15,18-19,22,24,29,32H,4,7-8,11,16-17,20-21,23,25H2,1-2H3,(H,36,40)/t32-/m1/s1. The summed E-state index contributed by atoms with van der Waals surface area (Å²) in [5.74, 6) is 0.257. The summed E-state index contributed by atoms with van der Waals surface area (Å²) in [5.41, 5.74) is 2.22. The molecule has 0 spiro atoms. The van der Waals surface area contributed by atoms with E-state index >= 15 is 0 Å². The number of nitrogens with zero attached hydrogens (tertiary/aromatic N) is 2. The van der Waals surface area contributed by atoms with Crippen LogP contribution in [0.2, 0.25) is 5.02 Å². The molecule has 2 amide bonds. The fraction of sp³-hybridized carbons (Fsp3) is 0.412. The zero-order valence-corrected chi connectivity index (χ0v) is 27.0. The van der Waals surface area contributed by atoms with E-state index in [0.29, 0.717) is 22.9 Å². The topological polar surface area (TPSA) is 96.0 Å². The van der Waals surface area contributed by atoms with Gasteiger partial charge in [-0.15, -0.1) is 0 Å². The highest BCUT2D eigenvalue weighted by Gasteiger charge is 2.32. The molecule has 0 aromatic heterocycles. The van der Waals surface area contributed by atoms with E-state index in [1.807, 2.05) is 54.6 Å². The molecule has 4 rings (SSSR count). The van der Waals surface area contributed by atoms with Crippen LogP contribution in [0.4, 0.5) is 5.69 Å². The largest absolute Gasteiger partial charge is 0.497 e. The van der Waals surface area contributed by atoms with Gasteiger partial charge in [-0.3, -0.25) is 13.9 Å². The summed E-state index contributed by atoms with van der Waals surface area (Å²) in [7, 11) is -2.04. The molecule has 0 heterocycles. The van der Waals surface area contributed by atoms with Crippen LogP contribution in [-0.2, 0) is 32.6 Å². The Morgan fingerprint density at radius 2 is 1.66 bits per heavy atom. The smallest absolute Gasteiger partial charge is 0.243 e. The van der Waals surface area contributed by atoms with Gasteiger partial charge in [-0.1, -0.05) is 79.4 Å². The third kappa shape index (κ3) is 9.72. The Morgan fingerprint density at radius 3 is 2.34 bits per heavy atom. The summed E-state index contributed by atoms with van der Waals surface area (Å²) < 4.78 is 32.0. The summed E-state index contributed by atoms with van der Waals surface area (Å²) >= 11 is 6.14.